The average molecular weight is 331 g/mol. The Morgan fingerprint density at radius 3 is 2.46 bits per heavy atom. The molecule has 0 unspecified atom stereocenters. The Balaban J connectivity index is 1.82. The van der Waals surface area contributed by atoms with Crippen LogP contribution < -0.4 is 10.6 Å². The van der Waals surface area contributed by atoms with Gasteiger partial charge in [0.15, 0.2) is 12.3 Å². The highest BCUT2D eigenvalue weighted by atomic mass is 16.5. The maximum absolute atomic E-state index is 12.0. The molecule has 0 aliphatic carbocycles. The Morgan fingerprint density at radius 2 is 1.88 bits per heavy atom. The summed E-state index contributed by atoms with van der Waals surface area (Å²) in [6, 6.07) is 10.4. The van der Waals surface area contributed by atoms with Crippen molar-refractivity contribution in [3.63, 3.8) is 0 Å². The quantitative estimate of drug-likeness (QED) is 0.761. The molecule has 2 rings (SSSR count). The van der Waals surface area contributed by atoms with Crippen LogP contribution in [0.15, 0.2) is 47.1 Å². The Bertz CT molecular complexity index is 663. The van der Waals surface area contributed by atoms with Gasteiger partial charge >= 0.3 is 5.97 Å². The maximum Gasteiger partial charge on any atom is 0.338 e. The summed E-state index contributed by atoms with van der Waals surface area (Å²) >= 11 is 0. The fraction of sp³-hybridized carbons (Fsp3) is 0.333. The number of ether oxygens (including phenoxy) is 1. The van der Waals surface area contributed by atoms with E-state index < -0.39 is 0 Å². The first kappa shape index (κ1) is 17.7. The van der Waals surface area contributed by atoms with E-state index in [0.717, 1.165) is 5.76 Å². The summed E-state index contributed by atoms with van der Waals surface area (Å²) in [7, 11) is 0. The summed E-state index contributed by atoms with van der Waals surface area (Å²) in [5, 5.41) is 4.69. The van der Waals surface area contributed by atoms with Crippen LogP contribution >= 0.6 is 0 Å². The zero-order valence-electron chi connectivity index (χ0n) is 14.1. The molecular weight excluding hydrogens is 308 g/mol. The summed E-state index contributed by atoms with van der Waals surface area (Å²) in [5.41, 5.74) is 1.10. The molecular formula is C18H23N2O4+. The number of carbonyl (C=O) groups is 2. The van der Waals surface area contributed by atoms with Gasteiger partial charge in [0.2, 0.25) is 0 Å². The third-order valence-electron chi connectivity index (χ3n) is 3.40. The van der Waals surface area contributed by atoms with Crippen molar-refractivity contribution in [3.8, 4) is 0 Å². The highest BCUT2D eigenvalue weighted by Gasteiger charge is 2.14. The summed E-state index contributed by atoms with van der Waals surface area (Å²) in [4.78, 5) is 23.7. The van der Waals surface area contributed by atoms with E-state index in [2.05, 4.69) is 5.32 Å². The van der Waals surface area contributed by atoms with Gasteiger partial charge in [0.1, 0.15) is 6.04 Å². The van der Waals surface area contributed by atoms with Crippen molar-refractivity contribution in [1.82, 2.24) is 0 Å². The molecule has 2 aromatic rings. The first-order valence-electron chi connectivity index (χ1n) is 7.93. The Kier molecular flexibility index (Phi) is 6.14. The number of nitrogens with one attached hydrogen (secondary N) is 1. The summed E-state index contributed by atoms with van der Waals surface area (Å²) in [6.07, 6.45) is 1.45. The van der Waals surface area contributed by atoms with E-state index in [1.807, 2.05) is 24.4 Å². The van der Waals surface area contributed by atoms with Crippen molar-refractivity contribution in [1.29, 1.82) is 0 Å². The van der Waals surface area contributed by atoms with Crippen LogP contribution in [0.3, 0.4) is 0 Å². The molecule has 0 bridgehead atoms. The lowest BCUT2D eigenvalue weighted by atomic mass is 10.2. The van der Waals surface area contributed by atoms with Gasteiger partial charge in [-0.05, 0) is 57.2 Å². The molecule has 1 aromatic heterocycles. The average Bonchev–Trinajstić information content (AvgIpc) is 3.07. The van der Waals surface area contributed by atoms with Gasteiger partial charge in [-0.25, -0.2) is 4.79 Å². The first-order chi connectivity index (χ1) is 11.5. The topological polar surface area (TPSA) is 85.1 Å². The van der Waals surface area contributed by atoms with Gasteiger partial charge in [-0.15, -0.1) is 0 Å². The molecule has 1 heterocycles. The van der Waals surface area contributed by atoms with Crippen LogP contribution in [0.4, 0.5) is 5.69 Å². The van der Waals surface area contributed by atoms with Gasteiger partial charge in [-0.3, -0.25) is 4.79 Å². The van der Waals surface area contributed by atoms with Crippen molar-refractivity contribution in [2.24, 2.45) is 0 Å². The van der Waals surface area contributed by atoms with Crippen molar-refractivity contribution < 1.29 is 24.1 Å². The van der Waals surface area contributed by atoms with Crippen LogP contribution in [0.1, 0.15) is 42.9 Å². The molecule has 6 heteroatoms. The molecule has 0 fully saturated rings. The van der Waals surface area contributed by atoms with Crippen LogP contribution in [0, 0.1) is 0 Å². The number of carbonyl (C=O) groups excluding carboxylic acids is 2. The molecule has 1 atom stereocenters. The minimum absolute atomic E-state index is 0.0685. The number of rotatable bonds is 7. The molecule has 1 aromatic carbocycles. The number of amides is 1. The van der Waals surface area contributed by atoms with Crippen molar-refractivity contribution in [2.45, 2.75) is 32.9 Å². The third kappa shape index (κ3) is 5.24. The fourth-order valence-corrected chi connectivity index (χ4v) is 2.13. The second-order valence-corrected chi connectivity index (χ2v) is 5.82. The molecule has 6 nitrogen and oxygen atoms in total. The SMILES string of the molecule is CC(C)OC(=O)c1ccc(NC(=O)C[NH2+][C@@H](C)c2ccco2)cc1. The number of benzene rings is 1. The minimum Gasteiger partial charge on any atom is -0.463 e. The van der Waals surface area contributed by atoms with E-state index in [9.17, 15) is 9.59 Å². The third-order valence-corrected chi connectivity index (χ3v) is 3.40. The normalized spacial score (nSPS) is 12.0. The fourth-order valence-electron chi connectivity index (χ4n) is 2.13. The number of quaternary nitrogens is 1. The molecule has 128 valence electrons. The van der Waals surface area contributed by atoms with E-state index >= 15 is 0 Å². The molecule has 24 heavy (non-hydrogen) atoms. The van der Waals surface area contributed by atoms with E-state index in [1.165, 1.54) is 0 Å². The summed E-state index contributed by atoms with van der Waals surface area (Å²) in [5.74, 6) is 0.338. The van der Waals surface area contributed by atoms with Crippen molar-refractivity contribution in [2.75, 3.05) is 11.9 Å². The molecule has 0 saturated heterocycles. The zero-order chi connectivity index (χ0) is 17.5. The van der Waals surface area contributed by atoms with Crippen LogP contribution in [0.5, 0.6) is 0 Å². The van der Waals surface area contributed by atoms with Gasteiger partial charge in [-0.1, -0.05) is 0 Å². The van der Waals surface area contributed by atoms with Crippen molar-refractivity contribution in [3.05, 3.63) is 54.0 Å². The highest BCUT2D eigenvalue weighted by Crippen LogP contribution is 2.11. The number of hydrogen-bond donors (Lipinski definition) is 2. The standard InChI is InChI=1S/C18H22N2O4/c1-12(2)24-18(22)14-6-8-15(9-7-14)20-17(21)11-19-13(3)16-5-4-10-23-16/h4-10,12-13,19H,11H2,1-3H3,(H,20,21)/p+1/t13-/m0/s1. The van der Waals surface area contributed by atoms with E-state index in [4.69, 9.17) is 9.15 Å². The summed E-state index contributed by atoms with van der Waals surface area (Å²) in [6.45, 7) is 5.85. The Morgan fingerprint density at radius 1 is 1.17 bits per heavy atom. The van der Waals surface area contributed by atoms with E-state index in [1.54, 1.807) is 44.4 Å². The minimum atomic E-state index is -0.372. The molecule has 0 saturated carbocycles. The van der Waals surface area contributed by atoms with Crippen LogP contribution in [0.25, 0.3) is 0 Å². The monoisotopic (exact) mass is 331 g/mol. The molecule has 0 aliphatic rings. The molecule has 1 amide bonds. The zero-order valence-corrected chi connectivity index (χ0v) is 14.1. The van der Waals surface area contributed by atoms with Gasteiger partial charge in [-0.2, -0.15) is 0 Å². The van der Waals surface area contributed by atoms with Crippen LogP contribution in [-0.4, -0.2) is 24.5 Å². The van der Waals surface area contributed by atoms with Crippen LogP contribution in [0.2, 0.25) is 0 Å². The van der Waals surface area contributed by atoms with Crippen LogP contribution in [-0.2, 0) is 9.53 Å². The number of furan rings is 1. The van der Waals surface area contributed by atoms with Gasteiger partial charge < -0.3 is 19.8 Å². The Hall–Kier alpha value is -2.60. The largest absolute Gasteiger partial charge is 0.463 e. The number of hydrogen-bond acceptors (Lipinski definition) is 4. The smallest absolute Gasteiger partial charge is 0.338 e. The number of anilines is 1. The van der Waals surface area contributed by atoms with Gasteiger partial charge in [0.25, 0.3) is 5.91 Å². The molecule has 3 N–H and O–H groups in total. The molecule has 0 aliphatic heterocycles. The second-order valence-electron chi connectivity index (χ2n) is 5.82. The second kappa shape index (κ2) is 8.31. The number of nitrogens with two attached hydrogens (primary N) is 1. The summed E-state index contributed by atoms with van der Waals surface area (Å²) < 4.78 is 10.4. The Labute approximate surface area is 141 Å². The van der Waals surface area contributed by atoms with Crippen molar-refractivity contribution >= 4 is 17.6 Å². The molecule has 0 radical (unpaired) electrons. The van der Waals surface area contributed by atoms with Gasteiger partial charge in [0, 0.05) is 5.69 Å². The van der Waals surface area contributed by atoms with E-state index in [-0.39, 0.29) is 30.6 Å². The lowest BCUT2D eigenvalue weighted by Crippen LogP contribution is -2.86. The predicted molar refractivity (Wildman–Crippen MR) is 89.5 cm³/mol. The van der Waals surface area contributed by atoms with E-state index in [0.29, 0.717) is 11.3 Å². The highest BCUT2D eigenvalue weighted by molar-refractivity contribution is 5.93. The number of esters is 1. The van der Waals surface area contributed by atoms with Gasteiger partial charge in [0.05, 0.1) is 17.9 Å². The molecule has 0 spiro atoms. The lowest BCUT2D eigenvalue weighted by Gasteiger charge is -2.10. The maximum atomic E-state index is 12.0. The lowest BCUT2D eigenvalue weighted by molar-refractivity contribution is -0.684. The predicted octanol–water partition coefficient (Wildman–Crippen LogP) is 2.11. The first-order valence-corrected chi connectivity index (χ1v) is 7.93.